The lowest BCUT2D eigenvalue weighted by atomic mass is 10.00. The van der Waals surface area contributed by atoms with E-state index in [1.807, 2.05) is 19.9 Å². The van der Waals surface area contributed by atoms with Gasteiger partial charge in [0.1, 0.15) is 0 Å². The number of aliphatic hydroxyl groups is 1. The first-order valence-corrected chi connectivity index (χ1v) is 7.25. The average molecular weight is 308 g/mol. The van der Waals surface area contributed by atoms with Crippen molar-refractivity contribution in [3.8, 4) is 0 Å². The van der Waals surface area contributed by atoms with Crippen LogP contribution in [0.5, 0.6) is 0 Å². The lowest BCUT2D eigenvalue weighted by molar-refractivity contribution is -0.138. The lowest BCUT2D eigenvalue weighted by Crippen LogP contribution is -2.31. The molecule has 1 aliphatic rings. The van der Waals surface area contributed by atoms with Crippen molar-refractivity contribution in [2.75, 3.05) is 0 Å². The van der Waals surface area contributed by atoms with Crippen molar-refractivity contribution in [1.29, 1.82) is 0 Å². The molecule has 0 saturated carbocycles. The minimum atomic E-state index is -0.674. The first kappa shape index (κ1) is 15.0. The number of hydrogen-bond acceptors (Lipinski definition) is 4. The topological polar surface area (TPSA) is 70.5 Å². The van der Waals surface area contributed by atoms with Crippen molar-refractivity contribution in [2.45, 2.75) is 20.4 Å². The van der Waals surface area contributed by atoms with E-state index in [0.29, 0.717) is 5.56 Å². The number of aryl methyl sites for hydroxylation is 2. The molecule has 1 aromatic carbocycles. The van der Waals surface area contributed by atoms with Crippen LogP contribution in [0, 0.1) is 13.8 Å². The molecule has 2 heterocycles. The van der Waals surface area contributed by atoms with Gasteiger partial charge < -0.3 is 5.11 Å². The van der Waals surface area contributed by atoms with Crippen LogP contribution < -0.4 is 0 Å². The second-order valence-corrected chi connectivity index (χ2v) is 5.58. The summed E-state index contributed by atoms with van der Waals surface area (Å²) >= 11 is 0. The quantitative estimate of drug-likeness (QED) is 0.885. The van der Waals surface area contributed by atoms with Crippen LogP contribution in [-0.4, -0.2) is 26.8 Å². The van der Waals surface area contributed by atoms with Gasteiger partial charge >= 0.3 is 0 Å². The normalized spacial score (nSPS) is 14.8. The third-order valence-electron chi connectivity index (χ3n) is 4.00. The molecule has 0 unspecified atom stereocenters. The van der Waals surface area contributed by atoms with Crippen LogP contribution >= 0.6 is 0 Å². The fourth-order valence-corrected chi connectivity index (χ4v) is 2.54. The van der Waals surface area contributed by atoms with Crippen LogP contribution in [-0.2, 0) is 16.1 Å². The van der Waals surface area contributed by atoms with Gasteiger partial charge in [-0.1, -0.05) is 24.3 Å². The van der Waals surface area contributed by atoms with Gasteiger partial charge in [-0.05, 0) is 42.2 Å². The van der Waals surface area contributed by atoms with E-state index in [4.69, 9.17) is 0 Å². The summed E-state index contributed by atoms with van der Waals surface area (Å²) in [6, 6.07) is 8.93. The van der Waals surface area contributed by atoms with Gasteiger partial charge in [0, 0.05) is 12.4 Å². The number of rotatable bonds is 3. The van der Waals surface area contributed by atoms with Crippen molar-refractivity contribution >= 4 is 17.4 Å². The van der Waals surface area contributed by atoms with Gasteiger partial charge in [-0.25, -0.2) is 0 Å². The zero-order valence-electron chi connectivity index (χ0n) is 12.9. The van der Waals surface area contributed by atoms with Crippen molar-refractivity contribution < 1.29 is 14.7 Å². The monoisotopic (exact) mass is 308 g/mol. The predicted octanol–water partition coefficient (Wildman–Crippen LogP) is 2.54. The fourth-order valence-electron chi connectivity index (χ4n) is 2.54. The number of hydrogen-bond donors (Lipinski definition) is 1. The van der Waals surface area contributed by atoms with Gasteiger partial charge in [0.15, 0.2) is 5.76 Å². The minimum Gasteiger partial charge on any atom is -0.502 e. The molecule has 5 heteroatoms. The third-order valence-corrected chi connectivity index (χ3v) is 4.00. The van der Waals surface area contributed by atoms with Gasteiger partial charge in [-0.15, -0.1) is 0 Å². The van der Waals surface area contributed by atoms with Gasteiger partial charge in [-0.2, -0.15) is 0 Å². The second-order valence-electron chi connectivity index (χ2n) is 5.58. The maximum Gasteiger partial charge on any atom is 0.296 e. The Labute approximate surface area is 133 Å². The van der Waals surface area contributed by atoms with Crippen molar-refractivity contribution in [2.24, 2.45) is 0 Å². The largest absolute Gasteiger partial charge is 0.502 e. The molecule has 1 N–H and O–H groups in total. The third kappa shape index (κ3) is 2.61. The SMILES string of the molecule is Cc1ccc(C2=C(O)C(=O)N(Cc3cccnc3)C2=O)cc1C. The van der Waals surface area contributed by atoms with Crippen LogP contribution in [0.3, 0.4) is 0 Å². The molecule has 0 saturated heterocycles. The van der Waals surface area contributed by atoms with Crippen LogP contribution in [0.4, 0.5) is 0 Å². The number of imide groups is 1. The van der Waals surface area contributed by atoms with Crippen molar-refractivity contribution in [3.63, 3.8) is 0 Å². The molecule has 5 nitrogen and oxygen atoms in total. The smallest absolute Gasteiger partial charge is 0.296 e. The molecule has 0 atom stereocenters. The summed E-state index contributed by atoms with van der Waals surface area (Å²) in [6.45, 7) is 3.97. The Morgan fingerprint density at radius 1 is 1.09 bits per heavy atom. The van der Waals surface area contributed by atoms with Gasteiger partial charge in [0.2, 0.25) is 0 Å². The summed E-state index contributed by atoms with van der Waals surface area (Å²) in [5, 5.41) is 10.1. The Bertz CT molecular complexity index is 825. The van der Waals surface area contributed by atoms with Crippen molar-refractivity contribution in [3.05, 3.63) is 70.7 Å². The molecule has 0 aliphatic carbocycles. The van der Waals surface area contributed by atoms with E-state index in [1.54, 1.807) is 36.7 Å². The number of aliphatic hydroxyl groups excluding tert-OH is 1. The van der Waals surface area contributed by atoms with E-state index in [0.717, 1.165) is 21.6 Å². The molecule has 1 aliphatic heterocycles. The molecule has 2 amide bonds. The lowest BCUT2D eigenvalue weighted by Gasteiger charge is -2.14. The highest BCUT2D eigenvalue weighted by molar-refractivity contribution is 6.34. The first-order valence-electron chi connectivity index (χ1n) is 7.25. The molecule has 0 bridgehead atoms. The summed E-state index contributed by atoms with van der Waals surface area (Å²) in [5.74, 6) is -1.66. The maximum atomic E-state index is 12.6. The van der Waals surface area contributed by atoms with Crippen LogP contribution in [0.15, 0.2) is 48.5 Å². The number of aromatic nitrogens is 1. The number of carbonyl (C=O) groups is 2. The second kappa shape index (κ2) is 5.68. The Kier molecular flexibility index (Phi) is 3.70. The van der Waals surface area contributed by atoms with E-state index in [2.05, 4.69) is 4.98 Å². The molecule has 0 radical (unpaired) electrons. The molecule has 116 valence electrons. The van der Waals surface area contributed by atoms with E-state index >= 15 is 0 Å². The Hall–Kier alpha value is -2.95. The zero-order valence-corrected chi connectivity index (χ0v) is 12.9. The van der Waals surface area contributed by atoms with Gasteiger partial charge in [-0.3, -0.25) is 19.5 Å². The average Bonchev–Trinajstić information content (AvgIpc) is 2.75. The molecule has 0 fully saturated rings. The zero-order chi connectivity index (χ0) is 16.6. The Balaban J connectivity index is 1.94. The van der Waals surface area contributed by atoms with E-state index in [-0.39, 0.29) is 12.1 Å². The molecular weight excluding hydrogens is 292 g/mol. The van der Waals surface area contributed by atoms with E-state index in [9.17, 15) is 14.7 Å². The number of amides is 2. The molecule has 2 aromatic rings. The highest BCUT2D eigenvalue weighted by atomic mass is 16.3. The number of nitrogens with zero attached hydrogens (tertiary/aromatic N) is 2. The summed E-state index contributed by atoms with van der Waals surface area (Å²) in [5.41, 5.74) is 3.41. The summed E-state index contributed by atoms with van der Waals surface area (Å²) in [7, 11) is 0. The molecular formula is C18H16N2O3. The van der Waals surface area contributed by atoms with Crippen molar-refractivity contribution in [1.82, 2.24) is 9.88 Å². The number of carbonyl (C=O) groups excluding carboxylic acids is 2. The Morgan fingerprint density at radius 3 is 2.52 bits per heavy atom. The fraction of sp³-hybridized carbons (Fsp3) is 0.167. The summed E-state index contributed by atoms with van der Waals surface area (Å²) < 4.78 is 0. The van der Waals surface area contributed by atoms with Gasteiger partial charge in [0.25, 0.3) is 11.8 Å². The summed E-state index contributed by atoms with van der Waals surface area (Å²) in [6.07, 6.45) is 3.21. The molecule has 0 spiro atoms. The van der Waals surface area contributed by atoms with Crippen LogP contribution in [0.1, 0.15) is 22.3 Å². The van der Waals surface area contributed by atoms with Crippen LogP contribution in [0.25, 0.3) is 5.57 Å². The highest BCUT2D eigenvalue weighted by Crippen LogP contribution is 2.30. The van der Waals surface area contributed by atoms with E-state index < -0.39 is 17.6 Å². The summed E-state index contributed by atoms with van der Waals surface area (Å²) in [4.78, 5) is 29.8. The number of benzene rings is 1. The molecule has 3 rings (SSSR count). The first-order chi connectivity index (χ1) is 11.0. The maximum absolute atomic E-state index is 12.6. The molecule has 23 heavy (non-hydrogen) atoms. The van der Waals surface area contributed by atoms with Gasteiger partial charge in [0.05, 0.1) is 12.1 Å². The Morgan fingerprint density at radius 2 is 1.87 bits per heavy atom. The molecule has 1 aromatic heterocycles. The predicted molar refractivity (Wildman–Crippen MR) is 85.3 cm³/mol. The standard InChI is InChI=1S/C18H16N2O3/c1-11-5-6-14(8-12(11)2)15-16(21)18(23)20(17(15)22)10-13-4-3-7-19-9-13/h3-9,21H,10H2,1-2H3. The minimum absolute atomic E-state index is 0.0574. The van der Waals surface area contributed by atoms with Crippen LogP contribution in [0.2, 0.25) is 0 Å². The highest BCUT2D eigenvalue weighted by Gasteiger charge is 2.39. The number of pyridine rings is 1. The van der Waals surface area contributed by atoms with E-state index in [1.165, 1.54) is 0 Å².